The predicted octanol–water partition coefficient (Wildman–Crippen LogP) is 1.70. The average molecular weight is 351 g/mol. The molecular weight excluding hydrogens is 334 g/mol. The van der Waals surface area contributed by atoms with Crippen molar-refractivity contribution >= 4 is 23.8 Å². The Labute approximate surface area is 150 Å². The van der Waals surface area contributed by atoms with Crippen LogP contribution >= 0.6 is 0 Å². The van der Waals surface area contributed by atoms with Crippen LogP contribution in [0.15, 0.2) is 54.6 Å². The third-order valence-corrected chi connectivity index (χ3v) is 4.12. The van der Waals surface area contributed by atoms with Crippen LogP contribution in [0.1, 0.15) is 33.2 Å². The van der Waals surface area contributed by atoms with Crippen molar-refractivity contribution in [2.24, 2.45) is 0 Å². The van der Waals surface area contributed by atoms with Gasteiger partial charge in [-0.2, -0.15) is 0 Å². The first-order valence-electron chi connectivity index (χ1n) is 8.08. The lowest BCUT2D eigenvalue weighted by molar-refractivity contribution is -0.123. The van der Waals surface area contributed by atoms with E-state index in [4.69, 9.17) is 0 Å². The van der Waals surface area contributed by atoms with Gasteiger partial charge in [0.05, 0.1) is 11.1 Å². The second-order valence-electron chi connectivity index (χ2n) is 5.86. The Morgan fingerprint density at radius 3 is 2.04 bits per heavy atom. The minimum Gasteiger partial charge on any atom is -0.334 e. The minimum absolute atomic E-state index is 0.251. The highest BCUT2D eigenvalue weighted by Gasteiger charge is 2.40. The molecule has 0 aromatic heterocycles. The molecule has 132 valence electrons. The van der Waals surface area contributed by atoms with E-state index in [1.807, 2.05) is 30.3 Å². The van der Waals surface area contributed by atoms with E-state index in [2.05, 4.69) is 10.6 Å². The van der Waals surface area contributed by atoms with Gasteiger partial charge in [-0.1, -0.05) is 42.5 Å². The van der Waals surface area contributed by atoms with Crippen molar-refractivity contribution in [2.75, 3.05) is 0 Å². The lowest BCUT2D eigenvalue weighted by Crippen LogP contribution is -2.51. The lowest BCUT2D eigenvalue weighted by Gasteiger charge is -2.21. The Kier molecular flexibility index (Phi) is 4.79. The molecule has 7 nitrogen and oxygen atoms in total. The molecule has 1 atom stereocenters. The van der Waals surface area contributed by atoms with Crippen molar-refractivity contribution in [1.82, 2.24) is 15.5 Å². The largest absolute Gasteiger partial charge is 0.334 e. The van der Waals surface area contributed by atoms with Crippen LogP contribution in [0.2, 0.25) is 0 Å². The summed E-state index contributed by atoms with van der Waals surface area (Å²) in [6.45, 7) is 1.66. The van der Waals surface area contributed by atoms with Crippen LogP contribution in [0, 0.1) is 0 Å². The highest BCUT2D eigenvalue weighted by atomic mass is 16.2. The van der Waals surface area contributed by atoms with Crippen molar-refractivity contribution in [3.05, 3.63) is 71.3 Å². The van der Waals surface area contributed by atoms with Gasteiger partial charge in [0.2, 0.25) is 0 Å². The fraction of sp³-hybridized carbons (Fsp3) is 0.158. The first-order chi connectivity index (χ1) is 12.5. The number of imide groups is 2. The lowest BCUT2D eigenvalue weighted by atomic mass is 10.1. The van der Waals surface area contributed by atoms with Crippen LogP contribution in [-0.4, -0.2) is 34.7 Å². The molecule has 0 spiro atoms. The highest BCUT2D eigenvalue weighted by Crippen LogP contribution is 2.24. The van der Waals surface area contributed by atoms with E-state index in [0.29, 0.717) is 0 Å². The summed E-state index contributed by atoms with van der Waals surface area (Å²) in [5.41, 5.74) is 1.39. The SMILES string of the molecule is C[C@H](C(=O)NC(=O)NCc1ccccc1)N1C(=O)c2ccccc2C1=O. The highest BCUT2D eigenvalue weighted by molar-refractivity contribution is 6.23. The fourth-order valence-corrected chi connectivity index (χ4v) is 2.72. The van der Waals surface area contributed by atoms with E-state index in [0.717, 1.165) is 10.5 Å². The molecular formula is C19H17N3O4. The molecule has 1 aliphatic heterocycles. The van der Waals surface area contributed by atoms with Crippen LogP contribution in [0.5, 0.6) is 0 Å². The first-order valence-corrected chi connectivity index (χ1v) is 8.08. The van der Waals surface area contributed by atoms with Crippen molar-refractivity contribution in [1.29, 1.82) is 0 Å². The topological polar surface area (TPSA) is 95.6 Å². The van der Waals surface area contributed by atoms with E-state index in [1.54, 1.807) is 12.1 Å². The molecule has 2 aromatic carbocycles. The third-order valence-electron chi connectivity index (χ3n) is 4.12. The first kappa shape index (κ1) is 17.3. The van der Waals surface area contributed by atoms with E-state index in [1.165, 1.54) is 19.1 Å². The molecule has 5 amide bonds. The van der Waals surface area contributed by atoms with Crippen LogP contribution in [0.25, 0.3) is 0 Å². The number of amides is 5. The van der Waals surface area contributed by atoms with Gasteiger partial charge in [-0.25, -0.2) is 4.79 Å². The van der Waals surface area contributed by atoms with Crippen LogP contribution in [0.3, 0.4) is 0 Å². The summed E-state index contributed by atoms with van der Waals surface area (Å²) in [6.07, 6.45) is 0. The zero-order valence-electron chi connectivity index (χ0n) is 14.1. The van der Waals surface area contributed by atoms with Crippen LogP contribution in [0.4, 0.5) is 4.79 Å². The number of urea groups is 1. The molecule has 26 heavy (non-hydrogen) atoms. The Hall–Kier alpha value is -3.48. The second-order valence-corrected chi connectivity index (χ2v) is 5.86. The van der Waals surface area contributed by atoms with E-state index in [-0.39, 0.29) is 17.7 Å². The van der Waals surface area contributed by atoms with E-state index >= 15 is 0 Å². The normalized spacial score (nSPS) is 14.0. The quantitative estimate of drug-likeness (QED) is 0.820. The van der Waals surface area contributed by atoms with Crippen molar-refractivity contribution in [3.63, 3.8) is 0 Å². The summed E-state index contributed by atoms with van der Waals surface area (Å²) in [5, 5.41) is 4.72. The summed E-state index contributed by atoms with van der Waals surface area (Å²) >= 11 is 0. The Morgan fingerprint density at radius 2 is 1.46 bits per heavy atom. The zero-order valence-corrected chi connectivity index (χ0v) is 14.1. The van der Waals surface area contributed by atoms with Crippen molar-refractivity contribution in [3.8, 4) is 0 Å². The van der Waals surface area contributed by atoms with Gasteiger partial charge in [-0.3, -0.25) is 24.6 Å². The number of carbonyl (C=O) groups is 4. The van der Waals surface area contributed by atoms with Crippen LogP contribution in [-0.2, 0) is 11.3 Å². The predicted molar refractivity (Wildman–Crippen MR) is 93.2 cm³/mol. The number of rotatable bonds is 4. The van der Waals surface area contributed by atoms with Crippen molar-refractivity contribution in [2.45, 2.75) is 19.5 Å². The number of nitrogens with one attached hydrogen (secondary N) is 2. The number of hydrogen-bond donors (Lipinski definition) is 2. The summed E-state index contributed by atoms with van der Waals surface area (Å²) < 4.78 is 0. The van der Waals surface area contributed by atoms with Crippen molar-refractivity contribution < 1.29 is 19.2 Å². The molecule has 1 heterocycles. The third kappa shape index (κ3) is 3.32. The maximum Gasteiger partial charge on any atom is 0.321 e. The van der Waals surface area contributed by atoms with Gasteiger partial charge in [0.1, 0.15) is 6.04 Å². The Balaban J connectivity index is 1.61. The van der Waals surface area contributed by atoms with Crippen LogP contribution < -0.4 is 10.6 Å². The van der Waals surface area contributed by atoms with Gasteiger partial charge in [-0.05, 0) is 24.6 Å². The molecule has 7 heteroatoms. The van der Waals surface area contributed by atoms with E-state index in [9.17, 15) is 19.2 Å². The maximum atomic E-state index is 12.4. The second kappa shape index (κ2) is 7.18. The van der Waals surface area contributed by atoms with Gasteiger partial charge in [0.25, 0.3) is 17.7 Å². The smallest absolute Gasteiger partial charge is 0.321 e. The van der Waals surface area contributed by atoms with Gasteiger partial charge in [-0.15, -0.1) is 0 Å². The van der Waals surface area contributed by atoms with Gasteiger partial charge >= 0.3 is 6.03 Å². The summed E-state index contributed by atoms with van der Waals surface area (Å²) in [5.74, 6) is -1.82. The number of fused-ring (bicyclic) bond motifs is 1. The van der Waals surface area contributed by atoms with Gasteiger partial charge < -0.3 is 5.32 Å². The zero-order chi connectivity index (χ0) is 18.7. The summed E-state index contributed by atoms with van der Waals surface area (Å²) in [6, 6.07) is 13.8. The Bertz CT molecular complexity index is 844. The molecule has 0 saturated carbocycles. The molecule has 0 aliphatic carbocycles. The number of nitrogens with zero attached hydrogens (tertiary/aromatic N) is 1. The number of hydrogen-bond acceptors (Lipinski definition) is 4. The minimum atomic E-state index is -1.11. The standard InChI is InChI=1S/C19H17N3O4/c1-12(22-17(24)14-9-5-6-10-15(14)18(22)25)16(23)21-19(26)20-11-13-7-3-2-4-8-13/h2-10,12H,11H2,1H3,(H2,20,21,23,26)/t12-/m1/s1. The molecule has 0 bridgehead atoms. The molecule has 3 rings (SSSR count). The van der Waals surface area contributed by atoms with E-state index < -0.39 is 29.8 Å². The maximum absolute atomic E-state index is 12.4. The van der Waals surface area contributed by atoms with Gasteiger partial charge in [0.15, 0.2) is 0 Å². The molecule has 0 saturated heterocycles. The molecule has 0 radical (unpaired) electrons. The average Bonchev–Trinajstić information content (AvgIpc) is 2.91. The Morgan fingerprint density at radius 1 is 0.923 bits per heavy atom. The number of benzene rings is 2. The molecule has 0 fully saturated rings. The molecule has 2 N–H and O–H groups in total. The molecule has 2 aromatic rings. The fourth-order valence-electron chi connectivity index (χ4n) is 2.72. The summed E-state index contributed by atoms with van der Waals surface area (Å²) in [4.78, 5) is 49.8. The number of carbonyl (C=O) groups excluding carboxylic acids is 4. The molecule has 1 aliphatic rings. The summed E-state index contributed by atoms with van der Waals surface area (Å²) in [7, 11) is 0. The van der Waals surface area contributed by atoms with Gasteiger partial charge in [0, 0.05) is 6.54 Å². The molecule has 0 unspecified atom stereocenters. The monoisotopic (exact) mass is 351 g/mol.